The van der Waals surface area contributed by atoms with Crippen molar-refractivity contribution < 1.29 is 14.3 Å². The fourth-order valence-corrected chi connectivity index (χ4v) is 4.91. The molecule has 0 aliphatic carbocycles. The van der Waals surface area contributed by atoms with Crippen molar-refractivity contribution in [3.63, 3.8) is 0 Å². The maximum absolute atomic E-state index is 12.2. The van der Waals surface area contributed by atoms with Gasteiger partial charge < -0.3 is 15.0 Å². The van der Waals surface area contributed by atoms with Crippen molar-refractivity contribution in [1.82, 2.24) is 15.2 Å². The molecule has 2 saturated heterocycles. The van der Waals surface area contributed by atoms with E-state index in [1.165, 1.54) is 35.9 Å². The number of likely N-dealkylation sites (tertiary alicyclic amines) is 1. The van der Waals surface area contributed by atoms with Gasteiger partial charge in [-0.3, -0.25) is 9.59 Å². The van der Waals surface area contributed by atoms with Gasteiger partial charge in [0.2, 0.25) is 11.0 Å². The largest absolute Gasteiger partial charge is 0.466 e. The van der Waals surface area contributed by atoms with Crippen LogP contribution in [0.5, 0.6) is 0 Å². The Balaban J connectivity index is 1.56. The summed E-state index contributed by atoms with van der Waals surface area (Å²) in [7, 11) is 0. The van der Waals surface area contributed by atoms with Crippen LogP contribution in [0, 0.1) is 5.92 Å². The van der Waals surface area contributed by atoms with Gasteiger partial charge in [-0.2, -0.15) is 4.99 Å². The zero-order chi connectivity index (χ0) is 18.5. The van der Waals surface area contributed by atoms with E-state index in [2.05, 4.69) is 27.1 Å². The monoisotopic (exact) mass is 396 g/mol. The summed E-state index contributed by atoms with van der Waals surface area (Å²) < 4.78 is 4.92. The number of esters is 1. The van der Waals surface area contributed by atoms with E-state index in [0.29, 0.717) is 28.5 Å². The second-order valence-corrected chi connectivity index (χ2v) is 8.65. The zero-order valence-electron chi connectivity index (χ0n) is 15.1. The van der Waals surface area contributed by atoms with Crippen LogP contribution < -0.4 is 5.32 Å². The molecule has 9 heteroatoms. The van der Waals surface area contributed by atoms with Gasteiger partial charge in [0.05, 0.1) is 18.7 Å². The second kappa shape index (κ2) is 8.96. The highest BCUT2D eigenvalue weighted by Gasteiger charge is 2.33. The number of hydrogen-bond acceptors (Lipinski definition) is 8. The number of nitrogens with zero attached hydrogens (tertiary/aromatic N) is 3. The molecule has 0 radical (unpaired) electrons. The minimum atomic E-state index is -0.295. The smallest absolute Gasteiger partial charge is 0.311 e. The normalized spacial score (nSPS) is 25.5. The van der Waals surface area contributed by atoms with Crippen LogP contribution in [0.2, 0.25) is 0 Å². The van der Waals surface area contributed by atoms with Crippen LogP contribution in [-0.4, -0.2) is 58.4 Å². The minimum Gasteiger partial charge on any atom is -0.466 e. The Bertz CT molecular complexity index is 691. The molecule has 26 heavy (non-hydrogen) atoms. The molecule has 1 N–H and O–H groups in total. The Kier molecular flexibility index (Phi) is 6.66. The van der Waals surface area contributed by atoms with Gasteiger partial charge in [0.15, 0.2) is 5.17 Å². The molecule has 1 aromatic heterocycles. The summed E-state index contributed by atoms with van der Waals surface area (Å²) in [5.41, 5.74) is 0.640. The standard InChI is InChI=1S/C17H24N4O3S2/c1-3-24-14(22)7-12-10-25-16(18-12)20-17-19-15(23)13(26-17)9-21-6-4-5-11(2)8-21/h10-11,13H,3-9H2,1-2H3,(H,18,19,20,23). The number of thioether (sulfide) groups is 1. The molecule has 7 nitrogen and oxygen atoms in total. The number of rotatable bonds is 6. The van der Waals surface area contributed by atoms with Gasteiger partial charge in [-0.15, -0.1) is 11.3 Å². The summed E-state index contributed by atoms with van der Waals surface area (Å²) in [5.74, 6) is 0.408. The van der Waals surface area contributed by atoms with Crippen molar-refractivity contribution in [2.75, 3.05) is 26.2 Å². The Morgan fingerprint density at radius 3 is 3.15 bits per heavy atom. The lowest BCUT2D eigenvalue weighted by atomic mass is 10.0. The van der Waals surface area contributed by atoms with Gasteiger partial charge in [-0.05, 0) is 32.2 Å². The van der Waals surface area contributed by atoms with Crippen molar-refractivity contribution in [2.24, 2.45) is 10.9 Å². The van der Waals surface area contributed by atoms with Crippen LogP contribution in [-0.2, 0) is 20.7 Å². The number of carbonyl (C=O) groups is 2. The molecule has 1 aromatic rings. The lowest BCUT2D eigenvalue weighted by molar-refractivity contribution is -0.142. The SMILES string of the molecule is CCOC(=O)Cc1csc(/N=C2\NC(=O)C(CN3CCCC(C)C3)S2)n1. The molecule has 2 atom stereocenters. The van der Waals surface area contributed by atoms with Gasteiger partial charge in [0, 0.05) is 18.5 Å². The molecule has 0 spiro atoms. The van der Waals surface area contributed by atoms with Crippen molar-refractivity contribution in [3.8, 4) is 0 Å². The molecule has 1 amide bonds. The number of amidine groups is 1. The van der Waals surface area contributed by atoms with E-state index in [9.17, 15) is 9.59 Å². The van der Waals surface area contributed by atoms with E-state index in [1.54, 1.807) is 12.3 Å². The number of nitrogens with one attached hydrogen (secondary N) is 1. The molecule has 0 saturated carbocycles. The third kappa shape index (κ3) is 5.28. The van der Waals surface area contributed by atoms with Crippen molar-refractivity contribution in [2.45, 2.75) is 38.4 Å². The first kappa shape index (κ1) is 19.3. The lowest BCUT2D eigenvalue weighted by Gasteiger charge is -2.31. The molecule has 0 aromatic carbocycles. The summed E-state index contributed by atoms with van der Waals surface area (Å²) in [6.07, 6.45) is 2.61. The Hall–Kier alpha value is -1.45. The topological polar surface area (TPSA) is 83.9 Å². The summed E-state index contributed by atoms with van der Waals surface area (Å²) in [4.78, 5) is 34.9. The average molecular weight is 397 g/mol. The zero-order valence-corrected chi connectivity index (χ0v) is 16.7. The van der Waals surface area contributed by atoms with E-state index >= 15 is 0 Å². The number of aromatic nitrogens is 1. The molecule has 2 unspecified atom stereocenters. The van der Waals surface area contributed by atoms with E-state index in [-0.39, 0.29) is 23.5 Å². The van der Waals surface area contributed by atoms with Gasteiger partial charge in [-0.25, -0.2) is 4.98 Å². The van der Waals surface area contributed by atoms with Crippen molar-refractivity contribution in [3.05, 3.63) is 11.1 Å². The number of piperidine rings is 1. The van der Waals surface area contributed by atoms with Crippen LogP contribution >= 0.6 is 23.1 Å². The summed E-state index contributed by atoms with van der Waals surface area (Å²) in [6, 6.07) is 0. The maximum Gasteiger partial charge on any atom is 0.311 e. The molecule has 3 rings (SSSR count). The summed E-state index contributed by atoms with van der Waals surface area (Å²) >= 11 is 2.82. The third-order valence-electron chi connectivity index (χ3n) is 4.31. The predicted octanol–water partition coefficient (Wildman–Crippen LogP) is 2.20. The molecule has 142 valence electrons. The van der Waals surface area contributed by atoms with Crippen LogP contribution in [0.3, 0.4) is 0 Å². The Labute approximate surface area is 161 Å². The van der Waals surface area contributed by atoms with Crippen LogP contribution in [0.15, 0.2) is 10.4 Å². The minimum absolute atomic E-state index is 0.00952. The number of carbonyl (C=O) groups excluding carboxylic acids is 2. The van der Waals surface area contributed by atoms with Crippen LogP contribution in [0.4, 0.5) is 5.13 Å². The van der Waals surface area contributed by atoms with Crippen molar-refractivity contribution >= 4 is 45.3 Å². The van der Waals surface area contributed by atoms with Crippen LogP contribution in [0.1, 0.15) is 32.4 Å². The molecule has 2 aliphatic heterocycles. The van der Waals surface area contributed by atoms with Gasteiger partial charge >= 0.3 is 5.97 Å². The second-order valence-electron chi connectivity index (χ2n) is 6.62. The molecule has 2 aliphatic rings. The third-order valence-corrected chi connectivity index (χ3v) is 6.16. The first-order valence-corrected chi connectivity index (χ1v) is 10.7. The highest BCUT2D eigenvalue weighted by Crippen LogP contribution is 2.27. The highest BCUT2D eigenvalue weighted by molar-refractivity contribution is 8.15. The van der Waals surface area contributed by atoms with Gasteiger partial charge in [0.1, 0.15) is 5.25 Å². The van der Waals surface area contributed by atoms with Gasteiger partial charge in [0.25, 0.3) is 0 Å². The van der Waals surface area contributed by atoms with Gasteiger partial charge in [-0.1, -0.05) is 18.7 Å². The maximum atomic E-state index is 12.2. The van der Waals surface area contributed by atoms with E-state index in [4.69, 9.17) is 4.74 Å². The quantitative estimate of drug-likeness (QED) is 0.742. The van der Waals surface area contributed by atoms with Crippen LogP contribution in [0.25, 0.3) is 0 Å². The fraction of sp³-hybridized carbons (Fsp3) is 0.647. The Morgan fingerprint density at radius 1 is 1.54 bits per heavy atom. The molecule has 3 heterocycles. The summed E-state index contributed by atoms with van der Waals surface area (Å²) in [6.45, 7) is 7.27. The summed E-state index contributed by atoms with van der Waals surface area (Å²) in [5, 5.41) is 5.64. The molecule has 2 fully saturated rings. The highest BCUT2D eigenvalue weighted by atomic mass is 32.2. The molecular weight excluding hydrogens is 372 g/mol. The molecule has 0 bridgehead atoms. The fourth-order valence-electron chi connectivity index (χ4n) is 3.14. The Morgan fingerprint density at radius 2 is 2.38 bits per heavy atom. The number of hydrogen-bond donors (Lipinski definition) is 1. The molecular formula is C17H24N4O3S2. The first-order chi connectivity index (χ1) is 12.5. The van der Waals surface area contributed by atoms with E-state index in [0.717, 1.165) is 19.6 Å². The van der Waals surface area contributed by atoms with Crippen molar-refractivity contribution in [1.29, 1.82) is 0 Å². The number of aliphatic imine (C=N–C) groups is 1. The lowest BCUT2D eigenvalue weighted by Crippen LogP contribution is -2.41. The first-order valence-electron chi connectivity index (χ1n) is 8.92. The number of amides is 1. The average Bonchev–Trinajstić information content (AvgIpc) is 3.15. The van der Waals surface area contributed by atoms with E-state index in [1.807, 2.05) is 0 Å². The number of thiazole rings is 1. The van der Waals surface area contributed by atoms with E-state index < -0.39 is 0 Å². The predicted molar refractivity (Wildman–Crippen MR) is 104 cm³/mol. The number of ether oxygens (including phenoxy) is 1.